The van der Waals surface area contributed by atoms with Crippen molar-refractivity contribution in [3.63, 3.8) is 0 Å². The van der Waals surface area contributed by atoms with Crippen LogP contribution in [0.15, 0.2) is 18.3 Å². The summed E-state index contributed by atoms with van der Waals surface area (Å²) in [4.78, 5) is 4.06. The lowest BCUT2D eigenvalue weighted by Crippen LogP contribution is -2.21. The van der Waals surface area contributed by atoms with Gasteiger partial charge < -0.3 is 10.2 Å². The van der Waals surface area contributed by atoms with Crippen molar-refractivity contribution in [2.24, 2.45) is 0 Å². The zero-order valence-corrected chi connectivity index (χ0v) is 9.07. The van der Waals surface area contributed by atoms with Gasteiger partial charge in [0.1, 0.15) is 5.60 Å². The van der Waals surface area contributed by atoms with E-state index in [1.807, 2.05) is 0 Å². The summed E-state index contributed by atoms with van der Waals surface area (Å²) in [6.45, 7) is 6.75. The molecule has 0 aliphatic rings. The van der Waals surface area contributed by atoms with E-state index in [0.29, 0.717) is 5.69 Å². The van der Waals surface area contributed by atoms with E-state index in [1.165, 1.54) is 0 Å². The van der Waals surface area contributed by atoms with Gasteiger partial charge in [0.25, 0.3) is 0 Å². The molecule has 0 radical (unpaired) electrons. The van der Waals surface area contributed by atoms with Crippen LogP contribution in [-0.2, 0) is 11.2 Å². The minimum absolute atomic E-state index is 0.567. The van der Waals surface area contributed by atoms with E-state index < -0.39 is 11.2 Å². The molecule has 78 valence electrons. The second kappa shape index (κ2) is 3.33. The van der Waals surface area contributed by atoms with Crippen LogP contribution in [0.25, 0.3) is 0 Å². The molecule has 0 unspecified atom stereocenters. The molecule has 1 aromatic rings. The maximum atomic E-state index is 9.77. The van der Waals surface area contributed by atoms with Crippen LogP contribution in [0.4, 0.5) is 0 Å². The van der Waals surface area contributed by atoms with E-state index in [4.69, 9.17) is 0 Å². The van der Waals surface area contributed by atoms with E-state index >= 15 is 0 Å². The monoisotopic (exact) mass is 195 g/mol. The Bertz CT molecular complexity index is 292. The van der Waals surface area contributed by atoms with Crippen LogP contribution in [0.5, 0.6) is 0 Å². The normalized spacial score (nSPS) is 13.0. The van der Waals surface area contributed by atoms with Gasteiger partial charge in [0, 0.05) is 6.20 Å². The molecule has 14 heavy (non-hydrogen) atoms. The second-order valence-corrected chi connectivity index (χ2v) is 4.55. The maximum Gasteiger partial charge on any atom is 0.101 e. The van der Waals surface area contributed by atoms with Crippen LogP contribution in [-0.4, -0.2) is 15.2 Å². The highest BCUT2D eigenvalue weighted by atomic mass is 16.3. The first kappa shape index (κ1) is 11.1. The summed E-state index contributed by atoms with van der Waals surface area (Å²) in [5.74, 6) is 0. The Morgan fingerprint density at radius 2 is 1.64 bits per heavy atom. The highest BCUT2D eigenvalue weighted by Crippen LogP contribution is 2.24. The summed E-state index contributed by atoms with van der Waals surface area (Å²) in [7, 11) is 0. The molecule has 0 saturated heterocycles. The highest BCUT2D eigenvalue weighted by molar-refractivity contribution is 5.24. The first-order chi connectivity index (χ1) is 6.21. The molecule has 1 heterocycles. The summed E-state index contributed by atoms with van der Waals surface area (Å²) < 4.78 is 0. The molecule has 0 aromatic carbocycles. The SMILES string of the molecule is CC(C)(O)c1ccnc(C(C)(C)O)c1. The summed E-state index contributed by atoms with van der Waals surface area (Å²) in [6.07, 6.45) is 1.60. The van der Waals surface area contributed by atoms with Gasteiger partial charge in [0.15, 0.2) is 0 Å². The van der Waals surface area contributed by atoms with Gasteiger partial charge in [-0.3, -0.25) is 4.98 Å². The number of rotatable bonds is 2. The fraction of sp³-hybridized carbons (Fsp3) is 0.545. The molecule has 0 atom stereocenters. The van der Waals surface area contributed by atoms with Gasteiger partial charge in [-0.15, -0.1) is 0 Å². The zero-order valence-electron chi connectivity index (χ0n) is 9.07. The first-order valence-corrected chi connectivity index (χ1v) is 4.63. The molecule has 0 amide bonds. The third-order valence-electron chi connectivity index (χ3n) is 2.09. The molecular weight excluding hydrogens is 178 g/mol. The van der Waals surface area contributed by atoms with Crippen molar-refractivity contribution in [2.75, 3.05) is 0 Å². The predicted octanol–water partition coefficient (Wildman–Crippen LogP) is 1.54. The van der Waals surface area contributed by atoms with Gasteiger partial charge in [-0.25, -0.2) is 0 Å². The van der Waals surface area contributed by atoms with Crippen molar-refractivity contribution < 1.29 is 10.2 Å². The lowest BCUT2D eigenvalue weighted by Gasteiger charge is -2.21. The molecule has 0 bridgehead atoms. The quantitative estimate of drug-likeness (QED) is 0.752. The lowest BCUT2D eigenvalue weighted by molar-refractivity contribution is 0.0684. The van der Waals surface area contributed by atoms with Gasteiger partial charge in [-0.05, 0) is 45.4 Å². The Labute approximate surface area is 84.4 Å². The van der Waals surface area contributed by atoms with Crippen LogP contribution < -0.4 is 0 Å². The molecule has 3 nitrogen and oxygen atoms in total. The van der Waals surface area contributed by atoms with Crippen molar-refractivity contribution in [2.45, 2.75) is 38.9 Å². The van der Waals surface area contributed by atoms with Crippen molar-refractivity contribution in [1.29, 1.82) is 0 Å². The molecule has 0 fully saturated rings. The van der Waals surface area contributed by atoms with E-state index in [9.17, 15) is 10.2 Å². The molecule has 1 aromatic heterocycles. The van der Waals surface area contributed by atoms with Gasteiger partial charge >= 0.3 is 0 Å². The predicted molar refractivity (Wildman–Crippen MR) is 54.7 cm³/mol. The molecule has 0 aliphatic carbocycles. The average Bonchev–Trinajstić information content (AvgIpc) is 2.01. The number of pyridine rings is 1. The third-order valence-corrected chi connectivity index (χ3v) is 2.09. The Morgan fingerprint density at radius 1 is 1.07 bits per heavy atom. The number of nitrogens with zero attached hydrogens (tertiary/aromatic N) is 1. The second-order valence-electron chi connectivity index (χ2n) is 4.55. The van der Waals surface area contributed by atoms with Crippen molar-refractivity contribution in [1.82, 2.24) is 4.98 Å². The number of hydrogen-bond acceptors (Lipinski definition) is 3. The third kappa shape index (κ3) is 2.53. The van der Waals surface area contributed by atoms with Crippen LogP contribution in [0.2, 0.25) is 0 Å². The minimum atomic E-state index is -0.971. The van der Waals surface area contributed by atoms with Gasteiger partial charge in [-0.2, -0.15) is 0 Å². The zero-order chi connectivity index (χ0) is 11.0. The lowest BCUT2D eigenvalue weighted by atomic mass is 9.95. The first-order valence-electron chi connectivity index (χ1n) is 4.63. The number of aromatic nitrogens is 1. The van der Waals surface area contributed by atoms with Gasteiger partial charge in [0.2, 0.25) is 0 Å². The molecule has 0 aliphatic heterocycles. The van der Waals surface area contributed by atoms with E-state index in [-0.39, 0.29) is 0 Å². The Balaban J connectivity index is 3.15. The fourth-order valence-electron chi connectivity index (χ4n) is 1.15. The summed E-state index contributed by atoms with van der Waals surface area (Å²) in [5, 5.41) is 19.5. The van der Waals surface area contributed by atoms with Gasteiger partial charge in [0.05, 0.1) is 11.3 Å². The number of hydrogen-bond donors (Lipinski definition) is 2. The largest absolute Gasteiger partial charge is 0.386 e. The molecular formula is C11H17NO2. The minimum Gasteiger partial charge on any atom is -0.386 e. The molecule has 3 heteroatoms. The van der Waals surface area contributed by atoms with E-state index in [2.05, 4.69) is 4.98 Å². The van der Waals surface area contributed by atoms with Crippen molar-refractivity contribution in [3.05, 3.63) is 29.6 Å². The molecule has 2 N–H and O–H groups in total. The maximum absolute atomic E-state index is 9.77. The molecule has 0 saturated carbocycles. The smallest absolute Gasteiger partial charge is 0.101 e. The number of aliphatic hydroxyl groups is 2. The van der Waals surface area contributed by atoms with Crippen LogP contribution in [0.1, 0.15) is 39.0 Å². The Morgan fingerprint density at radius 3 is 2.07 bits per heavy atom. The van der Waals surface area contributed by atoms with Crippen molar-refractivity contribution in [3.8, 4) is 0 Å². The van der Waals surface area contributed by atoms with Crippen LogP contribution in [0.3, 0.4) is 0 Å². The summed E-state index contributed by atoms with van der Waals surface area (Å²) in [5.41, 5.74) is -0.550. The average molecular weight is 195 g/mol. The van der Waals surface area contributed by atoms with E-state index in [1.54, 1.807) is 46.0 Å². The van der Waals surface area contributed by atoms with Crippen LogP contribution >= 0.6 is 0 Å². The van der Waals surface area contributed by atoms with Crippen molar-refractivity contribution >= 4 is 0 Å². The fourth-order valence-corrected chi connectivity index (χ4v) is 1.15. The molecule has 1 rings (SSSR count). The summed E-state index contributed by atoms with van der Waals surface area (Å²) >= 11 is 0. The highest BCUT2D eigenvalue weighted by Gasteiger charge is 2.22. The molecule has 0 spiro atoms. The Kier molecular flexibility index (Phi) is 2.65. The summed E-state index contributed by atoms with van der Waals surface area (Å²) in [6, 6.07) is 3.47. The van der Waals surface area contributed by atoms with E-state index in [0.717, 1.165) is 5.56 Å². The Hall–Kier alpha value is -0.930. The van der Waals surface area contributed by atoms with Crippen LogP contribution in [0, 0.1) is 0 Å². The van der Waals surface area contributed by atoms with Gasteiger partial charge in [-0.1, -0.05) is 0 Å². The standard InChI is InChI=1S/C11H17NO2/c1-10(2,13)8-5-6-12-9(7-8)11(3,4)14/h5-7,13-14H,1-4H3. The topological polar surface area (TPSA) is 53.4 Å².